The van der Waals surface area contributed by atoms with Crippen molar-refractivity contribution >= 4 is 46.5 Å². The van der Waals surface area contributed by atoms with Crippen molar-refractivity contribution in [2.75, 3.05) is 30.4 Å². The molecule has 0 aliphatic carbocycles. The standard InChI is InChI=1S/C25H22Cl2N2O6/c1-29-12-16(35-22-5-3-2-4-21(22)29)13-34-15-7-8-17(19(27)11-15)24(31)28-20-10-14(6-9-18(20)26)23(30)25(32)33/h2-11,16,23,30H,12-13H2,1H3,(H,28,31)(H,32,33)/t16-,23?/m0/s1. The van der Waals surface area contributed by atoms with Crippen molar-refractivity contribution in [1.29, 1.82) is 0 Å². The monoisotopic (exact) mass is 516 g/mol. The van der Waals surface area contributed by atoms with Crippen LogP contribution in [-0.4, -0.2) is 48.4 Å². The number of carboxylic acid groups (broad SMARTS) is 1. The van der Waals surface area contributed by atoms with Gasteiger partial charge in [-0.2, -0.15) is 0 Å². The zero-order valence-corrected chi connectivity index (χ0v) is 20.1. The predicted octanol–water partition coefficient (Wildman–Crippen LogP) is 4.64. The normalized spacial score (nSPS) is 15.5. The predicted molar refractivity (Wildman–Crippen MR) is 133 cm³/mol. The highest BCUT2D eigenvalue weighted by molar-refractivity contribution is 6.36. The molecule has 0 spiro atoms. The third kappa shape index (κ3) is 5.62. The summed E-state index contributed by atoms with van der Waals surface area (Å²) in [4.78, 5) is 25.9. The maximum atomic E-state index is 12.8. The molecule has 3 aromatic carbocycles. The van der Waals surface area contributed by atoms with Gasteiger partial charge in [0.15, 0.2) is 6.10 Å². The molecule has 3 N–H and O–H groups in total. The molecule has 3 aromatic rings. The van der Waals surface area contributed by atoms with Gasteiger partial charge in [-0.15, -0.1) is 0 Å². The number of aliphatic hydroxyl groups excluding tert-OH is 1. The number of aliphatic carboxylic acids is 1. The molecule has 2 atom stereocenters. The summed E-state index contributed by atoms with van der Waals surface area (Å²) in [6.07, 6.45) is -1.93. The number of carbonyl (C=O) groups is 2. The quantitative estimate of drug-likeness (QED) is 0.419. The molecule has 0 saturated heterocycles. The maximum Gasteiger partial charge on any atom is 0.337 e. The van der Waals surface area contributed by atoms with Crippen LogP contribution in [0.2, 0.25) is 10.0 Å². The number of hydrogen-bond acceptors (Lipinski definition) is 6. The van der Waals surface area contributed by atoms with Crippen molar-refractivity contribution in [3.8, 4) is 11.5 Å². The van der Waals surface area contributed by atoms with Crippen LogP contribution < -0.4 is 19.7 Å². The van der Waals surface area contributed by atoms with Crippen LogP contribution in [0.1, 0.15) is 22.0 Å². The van der Waals surface area contributed by atoms with Crippen LogP contribution in [0.5, 0.6) is 11.5 Å². The average molecular weight is 517 g/mol. The van der Waals surface area contributed by atoms with Gasteiger partial charge in [0.25, 0.3) is 5.91 Å². The van der Waals surface area contributed by atoms with Gasteiger partial charge in [-0.3, -0.25) is 4.79 Å². The summed E-state index contributed by atoms with van der Waals surface area (Å²) in [5.74, 6) is -0.711. The lowest BCUT2D eigenvalue weighted by Crippen LogP contribution is -2.41. The number of hydrogen-bond donors (Lipinski definition) is 3. The molecule has 1 amide bonds. The topological polar surface area (TPSA) is 108 Å². The molecule has 1 heterocycles. The number of benzene rings is 3. The van der Waals surface area contributed by atoms with Crippen LogP contribution in [0.3, 0.4) is 0 Å². The van der Waals surface area contributed by atoms with Gasteiger partial charge >= 0.3 is 5.97 Å². The van der Waals surface area contributed by atoms with E-state index in [2.05, 4.69) is 10.2 Å². The highest BCUT2D eigenvalue weighted by atomic mass is 35.5. The maximum absolute atomic E-state index is 12.8. The molecular weight excluding hydrogens is 495 g/mol. The second-order valence-electron chi connectivity index (χ2n) is 7.97. The number of rotatable bonds is 7. The van der Waals surface area contributed by atoms with Gasteiger partial charge in [0.05, 0.1) is 33.5 Å². The molecule has 1 aliphatic rings. The molecule has 1 aliphatic heterocycles. The molecule has 182 valence electrons. The van der Waals surface area contributed by atoms with E-state index >= 15 is 0 Å². The van der Waals surface area contributed by atoms with E-state index < -0.39 is 18.0 Å². The van der Waals surface area contributed by atoms with E-state index in [4.69, 9.17) is 37.8 Å². The van der Waals surface area contributed by atoms with Crippen molar-refractivity contribution in [1.82, 2.24) is 0 Å². The molecule has 0 fully saturated rings. The van der Waals surface area contributed by atoms with Gasteiger partial charge in [0.1, 0.15) is 24.2 Å². The molecule has 0 saturated carbocycles. The van der Waals surface area contributed by atoms with Crippen LogP contribution >= 0.6 is 23.2 Å². The SMILES string of the molecule is CN1C[C@@H](COc2ccc(C(=O)Nc3cc(C(O)C(=O)O)ccc3Cl)c(Cl)c2)Oc2ccccc21. The highest BCUT2D eigenvalue weighted by Gasteiger charge is 2.24. The average Bonchev–Trinajstić information content (AvgIpc) is 2.83. The molecule has 10 heteroatoms. The van der Waals surface area contributed by atoms with Gasteiger partial charge in [0, 0.05) is 7.05 Å². The number of anilines is 2. The Bertz CT molecular complexity index is 1270. The van der Waals surface area contributed by atoms with Crippen molar-refractivity contribution < 1.29 is 29.3 Å². The first-order valence-corrected chi connectivity index (χ1v) is 11.4. The summed E-state index contributed by atoms with van der Waals surface area (Å²) < 4.78 is 11.9. The van der Waals surface area contributed by atoms with E-state index in [1.807, 2.05) is 31.3 Å². The number of nitrogens with zero attached hydrogens (tertiary/aromatic N) is 1. The highest BCUT2D eigenvalue weighted by Crippen LogP contribution is 2.32. The fourth-order valence-corrected chi connectivity index (χ4v) is 4.10. The number of carbonyl (C=O) groups excluding carboxylic acids is 1. The summed E-state index contributed by atoms with van der Waals surface area (Å²) in [5.41, 5.74) is 1.40. The summed E-state index contributed by atoms with van der Waals surface area (Å²) in [7, 11) is 1.99. The molecule has 35 heavy (non-hydrogen) atoms. The third-order valence-electron chi connectivity index (χ3n) is 5.46. The fraction of sp³-hybridized carbons (Fsp3) is 0.200. The zero-order chi connectivity index (χ0) is 25.1. The molecule has 1 unspecified atom stereocenters. The van der Waals surface area contributed by atoms with E-state index in [1.54, 1.807) is 6.07 Å². The van der Waals surface area contributed by atoms with Crippen LogP contribution in [0.15, 0.2) is 60.7 Å². The molecule has 0 radical (unpaired) electrons. The van der Waals surface area contributed by atoms with E-state index in [0.717, 1.165) is 11.4 Å². The van der Waals surface area contributed by atoms with E-state index in [0.29, 0.717) is 12.3 Å². The Hall–Kier alpha value is -3.46. The second kappa shape index (κ2) is 10.4. The number of nitrogens with one attached hydrogen (secondary N) is 1. The lowest BCUT2D eigenvalue weighted by Gasteiger charge is -2.33. The fourth-order valence-electron chi connectivity index (χ4n) is 3.68. The van der Waals surface area contributed by atoms with Crippen LogP contribution in [0.25, 0.3) is 0 Å². The molecule has 8 nitrogen and oxygen atoms in total. The Balaban J connectivity index is 1.41. The van der Waals surface area contributed by atoms with E-state index in [-0.39, 0.29) is 39.6 Å². The van der Waals surface area contributed by atoms with E-state index in [9.17, 15) is 14.7 Å². The van der Waals surface area contributed by atoms with Crippen molar-refractivity contribution in [2.45, 2.75) is 12.2 Å². The Morgan fingerprint density at radius 1 is 1.14 bits per heavy atom. The third-order valence-corrected chi connectivity index (χ3v) is 6.10. The number of ether oxygens (including phenoxy) is 2. The number of aliphatic hydroxyl groups is 1. The minimum absolute atomic E-state index is 0.0743. The summed E-state index contributed by atoms with van der Waals surface area (Å²) >= 11 is 12.5. The van der Waals surface area contributed by atoms with Gasteiger partial charge in [-0.05, 0) is 48.0 Å². The number of para-hydroxylation sites is 2. The smallest absolute Gasteiger partial charge is 0.337 e. The first-order valence-electron chi connectivity index (χ1n) is 10.6. The van der Waals surface area contributed by atoms with Gasteiger partial charge in [0.2, 0.25) is 0 Å². The minimum Gasteiger partial charge on any atom is -0.490 e. The van der Waals surface area contributed by atoms with Gasteiger partial charge < -0.3 is 29.9 Å². The lowest BCUT2D eigenvalue weighted by molar-refractivity contribution is -0.146. The first-order chi connectivity index (χ1) is 16.7. The van der Waals surface area contributed by atoms with Crippen LogP contribution in [0.4, 0.5) is 11.4 Å². The zero-order valence-electron chi connectivity index (χ0n) is 18.6. The van der Waals surface area contributed by atoms with Crippen LogP contribution in [0, 0.1) is 0 Å². The van der Waals surface area contributed by atoms with Gasteiger partial charge in [-0.25, -0.2) is 4.79 Å². The molecule has 0 bridgehead atoms. The van der Waals surface area contributed by atoms with Gasteiger partial charge in [-0.1, -0.05) is 41.4 Å². The Morgan fingerprint density at radius 3 is 2.66 bits per heavy atom. The van der Waals surface area contributed by atoms with E-state index in [1.165, 1.54) is 30.3 Å². The minimum atomic E-state index is -1.75. The number of carboxylic acids is 1. The Labute approximate surface area is 211 Å². The largest absolute Gasteiger partial charge is 0.490 e. The Morgan fingerprint density at radius 2 is 1.91 bits per heavy atom. The van der Waals surface area contributed by atoms with Crippen molar-refractivity contribution in [2.24, 2.45) is 0 Å². The van der Waals surface area contributed by atoms with Crippen molar-refractivity contribution in [3.05, 3.63) is 81.8 Å². The number of amides is 1. The molecule has 0 aromatic heterocycles. The lowest BCUT2D eigenvalue weighted by atomic mass is 10.1. The Kier molecular flexibility index (Phi) is 7.35. The number of halogens is 2. The summed E-state index contributed by atoms with van der Waals surface area (Å²) in [5, 5.41) is 21.7. The number of fused-ring (bicyclic) bond motifs is 1. The summed E-state index contributed by atoms with van der Waals surface area (Å²) in [6, 6.07) is 16.5. The van der Waals surface area contributed by atoms with Crippen LogP contribution in [-0.2, 0) is 4.79 Å². The van der Waals surface area contributed by atoms with Crippen molar-refractivity contribution in [3.63, 3.8) is 0 Å². The molecular formula is C25H22Cl2N2O6. The summed E-state index contributed by atoms with van der Waals surface area (Å²) in [6.45, 7) is 0.941. The number of likely N-dealkylation sites (N-methyl/N-ethyl adjacent to an activating group) is 1. The second-order valence-corrected chi connectivity index (χ2v) is 8.79. The first kappa shape index (κ1) is 24.7. The molecule has 4 rings (SSSR count).